The molecule has 1 aromatic heterocycles. The highest BCUT2D eigenvalue weighted by Crippen LogP contribution is 2.26. The first-order valence-electron chi connectivity index (χ1n) is 8.80. The van der Waals surface area contributed by atoms with E-state index in [-0.39, 0.29) is 11.9 Å². The van der Waals surface area contributed by atoms with E-state index in [4.69, 9.17) is 4.74 Å². The van der Waals surface area contributed by atoms with E-state index in [2.05, 4.69) is 27.3 Å². The van der Waals surface area contributed by atoms with Gasteiger partial charge in [-0.25, -0.2) is 0 Å². The van der Waals surface area contributed by atoms with Crippen LogP contribution in [0.2, 0.25) is 0 Å². The standard InChI is InChI=1S/C20H25N3O2/c1-25-18-8-6-17(7-9-18)19(23-11-2-3-12-23)15-22-20(24)13-16-5-4-10-21-14-16/h4-10,14,19H,2-3,11-13,15H2,1H3,(H,22,24)/t19-/m0/s1. The lowest BCUT2D eigenvalue weighted by molar-refractivity contribution is -0.120. The van der Waals surface area contributed by atoms with Gasteiger partial charge in [-0.05, 0) is 55.3 Å². The molecule has 5 nitrogen and oxygen atoms in total. The average molecular weight is 339 g/mol. The van der Waals surface area contributed by atoms with E-state index in [1.54, 1.807) is 19.5 Å². The maximum atomic E-state index is 12.3. The fourth-order valence-corrected chi connectivity index (χ4v) is 3.30. The zero-order valence-electron chi connectivity index (χ0n) is 14.6. The van der Waals surface area contributed by atoms with Crippen LogP contribution in [0.5, 0.6) is 5.75 Å². The molecule has 1 aliphatic heterocycles. The van der Waals surface area contributed by atoms with Crippen molar-refractivity contribution in [2.45, 2.75) is 25.3 Å². The largest absolute Gasteiger partial charge is 0.497 e. The van der Waals surface area contributed by atoms with Crippen molar-refractivity contribution in [2.75, 3.05) is 26.7 Å². The van der Waals surface area contributed by atoms with Crippen LogP contribution in [0.25, 0.3) is 0 Å². The van der Waals surface area contributed by atoms with E-state index in [0.717, 1.165) is 24.4 Å². The molecule has 1 aromatic carbocycles. The molecule has 132 valence electrons. The van der Waals surface area contributed by atoms with Crippen LogP contribution in [0, 0.1) is 0 Å². The normalized spacial score (nSPS) is 15.7. The van der Waals surface area contributed by atoms with Crippen molar-refractivity contribution in [2.24, 2.45) is 0 Å². The van der Waals surface area contributed by atoms with Crippen LogP contribution in [-0.4, -0.2) is 42.5 Å². The van der Waals surface area contributed by atoms with Gasteiger partial charge in [-0.2, -0.15) is 0 Å². The first-order chi connectivity index (χ1) is 12.3. The van der Waals surface area contributed by atoms with Crippen molar-refractivity contribution >= 4 is 5.91 Å². The molecule has 1 saturated heterocycles. The predicted octanol–water partition coefficient (Wildman–Crippen LogP) is 2.59. The van der Waals surface area contributed by atoms with Gasteiger partial charge >= 0.3 is 0 Å². The second-order valence-corrected chi connectivity index (χ2v) is 6.37. The highest BCUT2D eigenvalue weighted by molar-refractivity contribution is 5.78. The molecular formula is C20H25N3O2. The SMILES string of the molecule is COc1ccc([C@H](CNC(=O)Cc2cccnc2)N2CCCC2)cc1. The lowest BCUT2D eigenvalue weighted by Crippen LogP contribution is -2.37. The summed E-state index contributed by atoms with van der Waals surface area (Å²) in [5.74, 6) is 0.884. The van der Waals surface area contributed by atoms with Crippen LogP contribution < -0.4 is 10.1 Å². The Balaban J connectivity index is 1.64. The van der Waals surface area contributed by atoms with E-state index < -0.39 is 0 Å². The van der Waals surface area contributed by atoms with Crippen LogP contribution >= 0.6 is 0 Å². The summed E-state index contributed by atoms with van der Waals surface area (Å²) in [6, 6.07) is 12.1. The van der Waals surface area contributed by atoms with E-state index in [9.17, 15) is 4.79 Å². The van der Waals surface area contributed by atoms with Gasteiger partial charge in [0.05, 0.1) is 19.6 Å². The molecule has 1 N–H and O–H groups in total. The minimum absolute atomic E-state index is 0.0331. The van der Waals surface area contributed by atoms with Gasteiger partial charge < -0.3 is 10.1 Å². The Morgan fingerprint density at radius 1 is 1.24 bits per heavy atom. The smallest absolute Gasteiger partial charge is 0.224 e. The summed E-state index contributed by atoms with van der Waals surface area (Å²) in [6.07, 6.45) is 6.26. The van der Waals surface area contributed by atoms with E-state index in [1.165, 1.54) is 18.4 Å². The van der Waals surface area contributed by atoms with Crippen LogP contribution in [0.4, 0.5) is 0 Å². The number of nitrogens with one attached hydrogen (secondary N) is 1. The maximum absolute atomic E-state index is 12.3. The Morgan fingerprint density at radius 3 is 2.64 bits per heavy atom. The summed E-state index contributed by atoms with van der Waals surface area (Å²) in [5.41, 5.74) is 2.14. The molecule has 5 heteroatoms. The number of hydrogen-bond donors (Lipinski definition) is 1. The number of likely N-dealkylation sites (tertiary alicyclic amines) is 1. The van der Waals surface area contributed by atoms with Gasteiger partial charge in [0.15, 0.2) is 0 Å². The van der Waals surface area contributed by atoms with Gasteiger partial charge in [0.25, 0.3) is 0 Å². The molecule has 0 bridgehead atoms. The number of ether oxygens (including phenoxy) is 1. The van der Waals surface area contributed by atoms with Gasteiger partial charge in [-0.1, -0.05) is 18.2 Å². The number of aromatic nitrogens is 1. The fraction of sp³-hybridized carbons (Fsp3) is 0.400. The molecule has 0 unspecified atom stereocenters. The number of nitrogens with zero attached hydrogens (tertiary/aromatic N) is 2. The van der Waals surface area contributed by atoms with Gasteiger partial charge in [0.1, 0.15) is 5.75 Å². The molecule has 0 spiro atoms. The summed E-state index contributed by atoms with van der Waals surface area (Å²) >= 11 is 0. The zero-order valence-corrected chi connectivity index (χ0v) is 14.6. The minimum Gasteiger partial charge on any atom is -0.497 e. The second-order valence-electron chi connectivity index (χ2n) is 6.37. The molecule has 1 fully saturated rings. The summed E-state index contributed by atoms with van der Waals surface area (Å²) in [4.78, 5) is 18.8. The molecule has 1 atom stereocenters. The highest BCUT2D eigenvalue weighted by atomic mass is 16.5. The number of carbonyl (C=O) groups excluding carboxylic acids is 1. The molecule has 1 aliphatic rings. The molecule has 25 heavy (non-hydrogen) atoms. The van der Waals surface area contributed by atoms with Gasteiger partial charge in [0.2, 0.25) is 5.91 Å². The lowest BCUT2D eigenvalue weighted by Gasteiger charge is -2.28. The van der Waals surface area contributed by atoms with Crippen molar-refractivity contribution in [1.82, 2.24) is 15.2 Å². The third-order valence-corrected chi connectivity index (χ3v) is 4.66. The second kappa shape index (κ2) is 8.62. The molecule has 0 radical (unpaired) electrons. The Bertz CT molecular complexity index is 667. The number of hydrogen-bond acceptors (Lipinski definition) is 4. The van der Waals surface area contributed by atoms with Crippen LogP contribution in [0.3, 0.4) is 0 Å². The average Bonchev–Trinajstić information content (AvgIpc) is 3.18. The first kappa shape index (κ1) is 17.4. The maximum Gasteiger partial charge on any atom is 0.224 e. The molecule has 3 rings (SSSR count). The monoisotopic (exact) mass is 339 g/mol. The summed E-state index contributed by atoms with van der Waals surface area (Å²) in [5, 5.41) is 3.10. The fourth-order valence-electron chi connectivity index (χ4n) is 3.30. The third-order valence-electron chi connectivity index (χ3n) is 4.66. The van der Waals surface area contributed by atoms with Crippen molar-refractivity contribution in [3.63, 3.8) is 0 Å². The number of rotatable bonds is 7. The first-order valence-corrected chi connectivity index (χ1v) is 8.80. The topological polar surface area (TPSA) is 54.5 Å². The van der Waals surface area contributed by atoms with Gasteiger partial charge in [-0.3, -0.25) is 14.7 Å². The van der Waals surface area contributed by atoms with E-state index >= 15 is 0 Å². The number of amides is 1. The van der Waals surface area contributed by atoms with Crippen LogP contribution in [-0.2, 0) is 11.2 Å². The van der Waals surface area contributed by atoms with Gasteiger partial charge in [-0.15, -0.1) is 0 Å². The number of carbonyl (C=O) groups is 1. The Labute approximate surface area is 149 Å². The lowest BCUT2D eigenvalue weighted by atomic mass is 10.0. The highest BCUT2D eigenvalue weighted by Gasteiger charge is 2.24. The van der Waals surface area contributed by atoms with Crippen LogP contribution in [0.15, 0.2) is 48.8 Å². The molecule has 1 amide bonds. The minimum atomic E-state index is 0.0331. The summed E-state index contributed by atoms with van der Waals surface area (Å²) < 4.78 is 5.25. The Morgan fingerprint density at radius 2 is 2.00 bits per heavy atom. The molecule has 2 heterocycles. The Kier molecular flexibility index (Phi) is 6.01. The van der Waals surface area contributed by atoms with Crippen LogP contribution in [0.1, 0.15) is 30.0 Å². The van der Waals surface area contributed by atoms with E-state index in [0.29, 0.717) is 13.0 Å². The van der Waals surface area contributed by atoms with Crippen molar-refractivity contribution < 1.29 is 9.53 Å². The Hall–Kier alpha value is -2.40. The molecule has 0 saturated carbocycles. The third kappa shape index (κ3) is 4.79. The molecule has 2 aromatic rings. The summed E-state index contributed by atoms with van der Waals surface area (Å²) in [6.45, 7) is 2.77. The molecular weight excluding hydrogens is 314 g/mol. The number of benzene rings is 1. The predicted molar refractivity (Wildman–Crippen MR) is 97.5 cm³/mol. The van der Waals surface area contributed by atoms with Crippen molar-refractivity contribution in [1.29, 1.82) is 0 Å². The van der Waals surface area contributed by atoms with Crippen molar-refractivity contribution in [3.05, 3.63) is 59.9 Å². The number of methoxy groups -OCH3 is 1. The van der Waals surface area contributed by atoms with Crippen molar-refractivity contribution in [3.8, 4) is 5.75 Å². The van der Waals surface area contributed by atoms with Gasteiger partial charge in [0, 0.05) is 18.9 Å². The zero-order chi connectivity index (χ0) is 17.5. The van der Waals surface area contributed by atoms with E-state index in [1.807, 2.05) is 24.3 Å². The number of pyridine rings is 1. The summed E-state index contributed by atoms with van der Waals surface area (Å²) in [7, 11) is 1.67. The molecule has 0 aliphatic carbocycles. The quantitative estimate of drug-likeness (QED) is 0.842.